The quantitative estimate of drug-likeness (QED) is 0.543. The predicted molar refractivity (Wildman–Crippen MR) is 147 cm³/mol. The van der Waals surface area contributed by atoms with E-state index in [0.29, 0.717) is 49.7 Å². The Labute approximate surface area is 234 Å². The molecule has 3 aliphatic heterocycles. The van der Waals surface area contributed by atoms with Crippen LogP contribution in [0.3, 0.4) is 0 Å². The molecule has 3 N–H and O–H groups in total. The number of aliphatic hydroxyl groups excluding tert-OH is 1. The molecule has 2 aromatic rings. The Hall–Kier alpha value is -3.00. The van der Waals surface area contributed by atoms with Gasteiger partial charge >= 0.3 is 6.01 Å². The minimum Gasteiger partial charge on any atom is -0.461 e. The number of nitrogens with zero attached hydrogens (tertiary/aromatic N) is 5. The van der Waals surface area contributed by atoms with E-state index in [0.717, 1.165) is 73.9 Å². The van der Waals surface area contributed by atoms with Crippen LogP contribution in [0.1, 0.15) is 72.9 Å². The molecule has 3 fully saturated rings. The maximum absolute atomic E-state index is 14.4. The number of rotatable bonds is 5. The zero-order valence-electron chi connectivity index (χ0n) is 23.0. The zero-order valence-corrected chi connectivity index (χ0v) is 23.0. The third-order valence-corrected chi connectivity index (χ3v) is 10.2. The van der Waals surface area contributed by atoms with E-state index in [1.807, 2.05) is 24.1 Å². The van der Waals surface area contributed by atoms with Gasteiger partial charge in [0.25, 0.3) is 0 Å². The largest absolute Gasteiger partial charge is 0.461 e. The number of nitrogens with two attached hydrogens (primary N) is 1. The molecule has 1 aromatic heterocycles. The second-order valence-corrected chi connectivity index (χ2v) is 12.4. The Morgan fingerprint density at radius 3 is 2.95 bits per heavy atom. The fourth-order valence-corrected chi connectivity index (χ4v) is 7.92. The van der Waals surface area contributed by atoms with Crippen LogP contribution in [0.25, 0.3) is 0 Å². The summed E-state index contributed by atoms with van der Waals surface area (Å²) in [5, 5.41) is 20.5. The molecule has 9 nitrogen and oxygen atoms in total. The maximum atomic E-state index is 14.4. The lowest BCUT2D eigenvalue weighted by Gasteiger charge is -2.45. The number of hydrogen-bond donors (Lipinski definition) is 2. The van der Waals surface area contributed by atoms with Gasteiger partial charge in [-0.2, -0.15) is 15.2 Å². The van der Waals surface area contributed by atoms with Crippen molar-refractivity contribution in [2.45, 2.75) is 93.9 Å². The lowest BCUT2D eigenvalue weighted by molar-refractivity contribution is -0.0857. The number of aryl methyl sites for hydroxylation is 1. The number of anilines is 2. The highest BCUT2D eigenvalue weighted by molar-refractivity contribution is 5.63. The third-order valence-electron chi connectivity index (χ3n) is 10.2. The van der Waals surface area contributed by atoms with Gasteiger partial charge in [0, 0.05) is 43.2 Å². The molecule has 7 rings (SSSR count). The van der Waals surface area contributed by atoms with Crippen molar-refractivity contribution in [3.8, 4) is 12.1 Å². The van der Waals surface area contributed by atoms with Gasteiger partial charge in [0.1, 0.15) is 30.3 Å². The Morgan fingerprint density at radius 2 is 2.17 bits per heavy atom. The first kappa shape index (κ1) is 25.9. The lowest BCUT2D eigenvalue weighted by atomic mass is 9.72. The highest BCUT2D eigenvalue weighted by Crippen LogP contribution is 2.48. The smallest absolute Gasteiger partial charge is 0.318 e. The molecule has 4 heterocycles. The fourth-order valence-electron chi connectivity index (χ4n) is 7.92. The molecule has 0 amide bonds. The average Bonchev–Trinajstić information content (AvgIpc) is 3.46. The van der Waals surface area contributed by atoms with Gasteiger partial charge in [-0.25, -0.2) is 4.39 Å². The summed E-state index contributed by atoms with van der Waals surface area (Å²) in [4.78, 5) is 14.1. The number of ether oxygens (including phenoxy) is 2. The lowest BCUT2D eigenvalue weighted by Crippen LogP contribution is -2.50. The number of nitrogen functional groups attached to an aromatic ring is 1. The third kappa shape index (κ3) is 3.97. The van der Waals surface area contributed by atoms with Crippen LogP contribution in [0.5, 0.6) is 6.01 Å². The topological polar surface area (TPSA) is 121 Å². The van der Waals surface area contributed by atoms with Gasteiger partial charge in [0.2, 0.25) is 0 Å². The number of likely N-dealkylation sites (N-methyl/N-ethyl adjacent to an activating group) is 1. The number of benzene rings is 1. The van der Waals surface area contributed by atoms with Crippen LogP contribution in [0.4, 0.5) is 15.9 Å². The summed E-state index contributed by atoms with van der Waals surface area (Å²) < 4.78 is 27.4. The van der Waals surface area contributed by atoms with Gasteiger partial charge in [-0.15, -0.1) is 0 Å². The summed E-state index contributed by atoms with van der Waals surface area (Å²) >= 11 is 0. The van der Waals surface area contributed by atoms with Crippen LogP contribution >= 0.6 is 0 Å². The van der Waals surface area contributed by atoms with E-state index in [1.54, 1.807) is 0 Å². The first-order valence-corrected chi connectivity index (χ1v) is 14.6. The number of alkyl halides is 1. The Bertz CT molecular complexity index is 1380. The molecular weight excluding hydrogens is 511 g/mol. The average molecular weight is 549 g/mol. The number of halogens is 1. The van der Waals surface area contributed by atoms with E-state index in [-0.39, 0.29) is 17.6 Å². The SMILES string of the molecule is CN(c1nc(OCC23CCCN2C[C@H](F)C3)nc2c1CO[C@@]1(CCCc3ccc(N)c(C#N)c31)C2)[C@@H]1CCC1O. The van der Waals surface area contributed by atoms with E-state index in [2.05, 4.69) is 11.0 Å². The van der Waals surface area contributed by atoms with Crippen molar-refractivity contribution in [1.82, 2.24) is 14.9 Å². The van der Waals surface area contributed by atoms with Crippen LogP contribution < -0.4 is 15.4 Å². The second kappa shape index (κ2) is 9.54. The van der Waals surface area contributed by atoms with Gasteiger partial charge in [-0.3, -0.25) is 4.90 Å². The summed E-state index contributed by atoms with van der Waals surface area (Å²) in [6.07, 6.45) is 5.89. The van der Waals surface area contributed by atoms with Crippen molar-refractivity contribution in [3.63, 3.8) is 0 Å². The highest BCUT2D eigenvalue weighted by Gasteiger charge is 2.50. The molecule has 1 aromatic carbocycles. The molecule has 0 bridgehead atoms. The standard InChI is InChI=1S/C30H37FN6O3/c1-36(24-7-8-25(24)38)27-21-16-40-30(10-2-4-18-5-6-22(33)20(14-32)26(18)30)13-23(21)34-28(35-27)39-17-29-9-3-11-37(29)15-19(31)12-29/h5-6,19,24-25,38H,2-4,7-13,15-17,33H2,1H3/t19-,24-,25?,29?,30+/m1/s1. The van der Waals surface area contributed by atoms with E-state index in [9.17, 15) is 14.8 Å². The zero-order chi connectivity index (χ0) is 27.6. The molecule has 2 saturated heterocycles. The minimum absolute atomic E-state index is 0.0332. The Balaban J connectivity index is 1.27. The molecule has 1 saturated carbocycles. The summed E-state index contributed by atoms with van der Waals surface area (Å²) in [5.74, 6) is 0.707. The predicted octanol–water partition coefficient (Wildman–Crippen LogP) is 3.15. The van der Waals surface area contributed by atoms with Crippen LogP contribution in [0.15, 0.2) is 12.1 Å². The minimum atomic E-state index is -0.833. The molecule has 2 aliphatic carbocycles. The first-order valence-electron chi connectivity index (χ1n) is 14.6. The van der Waals surface area contributed by atoms with Gasteiger partial charge in [-0.05, 0) is 63.1 Å². The van der Waals surface area contributed by atoms with Crippen LogP contribution in [0.2, 0.25) is 0 Å². The van der Waals surface area contributed by atoms with Crippen molar-refractivity contribution in [3.05, 3.63) is 40.1 Å². The van der Waals surface area contributed by atoms with E-state index >= 15 is 0 Å². The van der Waals surface area contributed by atoms with Crippen LogP contribution in [-0.2, 0) is 29.8 Å². The molecule has 5 aliphatic rings. The number of aromatic nitrogens is 2. The van der Waals surface area contributed by atoms with Gasteiger partial charge < -0.3 is 25.2 Å². The normalized spacial score (nSPS) is 32.6. The molecular formula is C30H37FN6O3. The number of hydrogen-bond acceptors (Lipinski definition) is 9. The molecule has 40 heavy (non-hydrogen) atoms. The van der Waals surface area contributed by atoms with Crippen molar-refractivity contribution < 1.29 is 19.0 Å². The molecule has 0 radical (unpaired) electrons. The van der Waals surface area contributed by atoms with Crippen molar-refractivity contribution >= 4 is 11.5 Å². The first-order chi connectivity index (χ1) is 19.3. The van der Waals surface area contributed by atoms with Gasteiger partial charge in [0.05, 0.1) is 35.5 Å². The molecule has 2 unspecified atom stereocenters. The van der Waals surface area contributed by atoms with Gasteiger partial charge in [0.15, 0.2) is 0 Å². The monoisotopic (exact) mass is 548 g/mol. The van der Waals surface area contributed by atoms with Crippen molar-refractivity contribution in [2.24, 2.45) is 0 Å². The van der Waals surface area contributed by atoms with Crippen molar-refractivity contribution in [1.29, 1.82) is 5.26 Å². The van der Waals surface area contributed by atoms with Gasteiger partial charge in [-0.1, -0.05) is 6.07 Å². The Morgan fingerprint density at radius 1 is 1.30 bits per heavy atom. The Kier molecular flexibility index (Phi) is 6.18. The molecule has 1 spiro atoms. The molecule has 10 heteroatoms. The summed E-state index contributed by atoms with van der Waals surface area (Å²) in [5.41, 5.74) is 9.92. The molecule has 212 valence electrons. The number of nitriles is 1. The summed E-state index contributed by atoms with van der Waals surface area (Å²) in [7, 11) is 1.95. The van der Waals surface area contributed by atoms with Crippen LogP contribution in [-0.4, -0.2) is 70.6 Å². The van der Waals surface area contributed by atoms with Crippen LogP contribution in [0, 0.1) is 11.3 Å². The summed E-state index contributed by atoms with van der Waals surface area (Å²) in [6.45, 7) is 2.00. The number of fused-ring (bicyclic) bond motifs is 4. The van der Waals surface area contributed by atoms with Crippen molar-refractivity contribution in [2.75, 3.05) is 37.4 Å². The number of aliphatic hydroxyl groups is 1. The second-order valence-electron chi connectivity index (χ2n) is 12.4. The maximum Gasteiger partial charge on any atom is 0.318 e. The van der Waals surface area contributed by atoms with E-state index in [4.69, 9.17) is 25.2 Å². The summed E-state index contributed by atoms with van der Waals surface area (Å²) in [6, 6.07) is 6.41. The highest BCUT2D eigenvalue weighted by atomic mass is 19.1. The molecule has 5 atom stereocenters. The van der Waals surface area contributed by atoms with E-state index in [1.165, 1.54) is 0 Å². The van der Waals surface area contributed by atoms with E-state index < -0.39 is 17.9 Å². The fraction of sp³-hybridized carbons (Fsp3) is 0.633.